The van der Waals surface area contributed by atoms with Crippen LogP contribution in [0.4, 0.5) is 4.39 Å². The summed E-state index contributed by atoms with van der Waals surface area (Å²) < 4.78 is 15.3. The number of aromatic nitrogens is 2. The Morgan fingerprint density at radius 3 is 2.67 bits per heavy atom. The minimum atomic E-state index is -0.244. The summed E-state index contributed by atoms with van der Waals surface area (Å²) in [6.45, 7) is 0.653. The number of nitrogens with one attached hydrogen (secondary N) is 1. The van der Waals surface area contributed by atoms with Crippen LogP contribution in [0.5, 0.6) is 0 Å². The van der Waals surface area contributed by atoms with Gasteiger partial charge in [-0.2, -0.15) is 0 Å². The minimum absolute atomic E-state index is 0.00787. The highest BCUT2D eigenvalue weighted by atomic mass is 19.1. The van der Waals surface area contributed by atoms with Gasteiger partial charge in [-0.1, -0.05) is 12.8 Å². The molecule has 4 rings (SSSR count). The second-order valence-electron chi connectivity index (χ2n) is 6.90. The van der Waals surface area contributed by atoms with E-state index in [1.54, 1.807) is 12.1 Å². The molecule has 5 heteroatoms. The van der Waals surface area contributed by atoms with E-state index in [0.29, 0.717) is 12.6 Å². The molecule has 1 saturated carbocycles. The molecule has 0 saturated heterocycles. The molecule has 2 aliphatic rings. The fourth-order valence-electron chi connectivity index (χ4n) is 3.89. The monoisotopic (exact) mass is 327 g/mol. The number of nitrogens with zero attached hydrogens (tertiary/aromatic N) is 2. The molecule has 0 radical (unpaired) electrons. The molecule has 1 aliphatic heterocycles. The Bertz CT molecular complexity index is 732. The zero-order chi connectivity index (χ0) is 16.5. The van der Waals surface area contributed by atoms with Gasteiger partial charge in [0.25, 0.3) is 0 Å². The first-order valence-corrected chi connectivity index (χ1v) is 8.81. The van der Waals surface area contributed by atoms with Crippen molar-refractivity contribution in [3.05, 3.63) is 42.1 Å². The van der Waals surface area contributed by atoms with Crippen molar-refractivity contribution >= 4 is 5.91 Å². The minimum Gasteiger partial charge on any atom is -0.353 e. The first-order chi connectivity index (χ1) is 11.7. The van der Waals surface area contributed by atoms with Gasteiger partial charge < -0.3 is 9.88 Å². The lowest BCUT2D eigenvalue weighted by Gasteiger charge is -2.26. The zero-order valence-corrected chi connectivity index (χ0v) is 13.7. The maximum Gasteiger partial charge on any atom is 0.225 e. The average molecular weight is 327 g/mol. The van der Waals surface area contributed by atoms with Crippen LogP contribution in [0.2, 0.25) is 0 Å². The fourth-order valence-corrected chi connectivity index (χ4v) is 3.89. The molecule has 4 nitrogen and oxygen atoms in total. The van der Waals surface area contributed by atoms with Gasteiger partial charge in [0.1, 0.15) is 11.6 Å². The number of hydrogen-bond acceptors (Lipinski definition) is 2. The van der Waals surface area contributed by atoms with Gasteiger partial charge in [0.15, 0.2) is 0 Å². The van der Waals surface area contributed by atoms with Crippen molar-refractivity contribution in [2.75, 3.05) is 0 Å². The predicted molar refractivity (Wildman–Crippen MR) is 89.8 cm³/mol. The molecule has 24 heavy (non-hydrogen) atoms. The van der Waals surface area contributed by atoms with Gasteiger partial charge in [-0.25, -0.2) is 9.37 Å². The highest BCUT2D eigenvalue weighted by Gasteiger charge is 2.29. The Labute approximate surface area is 141 Å². The summed E-state index contributed by atoms with van der Waals surface area (Å²) >= 11 is 0. The van der Waals surface area contributed by atoms with Gasteiger partial charge in [0, 0.05) is 19.0 Å². The zero-order valence-electron chi connectivity index (χ0n) is 13.7. The molecule has 2 aromatic rings. The molecular weight excluding hydrogens is 305 g/mol. The van der Waals surface area contributed by atoms with E-state index in [1.807, 2.05) is 6.20 Å². The van der Waals surface area contributed by atoms with Crippen molar-refractivity contribution in [3.63, 3.8) is 0 Å². The topological polar surface area (TPSA) is 46.9 Å². The summed E-state index contributed by atoms with van der Waals surface area (Å²) in [5, 5.41) is 3.22. The summed E-state index contributed by atoms with van der Waals surface area (Å²) in [6, 6.07) is 6.81. The maximum atomic E-state index is 13.2. The third kappa shape index (κ3) is 2.95. The average Bonchev–Trinajstić information content (AvgIpc) is 3.24. The molecule has 1 aliphatic carbocycles. The molecule has 1 atom stereocenters. The molecule has 1 unspecified atom stereocenters. The van der Waals surface area contributed by atoms with Gasteiger partial charge in [-0.15, -0.1) is 0 Å². The summed E-state index contributed by atoms with van der Waals surface area (Å²) in [5.74, 6) is 0.933. The number of carbonyl (C=O) groups excluding carboxylic acids is 1. The number of halogens is 1. The van der Waals surface area contributed by atoms with Gasteiger partial charge in [0.05, 0.1) is 17.8 Å². The van der Waals surface area contributed by atoms with Crippen molar-refractivity contribution in [1.29, 1.82) is 0 Å². The quantitative estimate of drug-likeness (QED) is 0.940. The van der Waals surface area contributed by atoms with Crippen LogP contribution in [-0.4, -0.2) is 21.5 Å². The molecule has 0 spiro atoms. The van der Waals surface area contributed by atoms with Crippen LogP contribution in [0.1, 0.15) is 37.9 Å². The molecule has 1 aromatic carbocycles. The summed E-state index contributed by atoms with van der Waals surface area (Å²) in [6.07, 6.45) is 8.14. The number of carbonyl (C=O) groups is 1. The molecule has 2 heterocycles. The lowest BCUT2D eigenvalue weighted by Crippen LogP contribution is -2.40. The molecule has 0 bridgehead atoms. The third-order valence-electron chi connectivity index (χ3n) is 5.27. The summed E-state index contributed by atoms with van der Waals surface area (Å²) in [5.41, 5.74) is 1.90. The smallest absolute Gasteiger partial charge is 0.225 e. The van der Waals surface area contributed by atoms with Crippen molar-refractivity contribution in [2.45, 2.75) is 51.1 Å². The van der Waals surface area contributed by atoms with E-state index < -0.39 is 0 Å². The second kappa shape index (κ2) is 6.38. The van der Waals surface area contributed by atoms with Gasteiger partial charge in [0.2, 0.25) is 5.91 Å². The predicted octanol–water partition coefficient (Wildman–Crippen LogP) is 3.31. The van der Waals surface area contributed by atoms with Crippen molar-refractivity contribution in [2.24, 2.45) is 5.92 Å². The SMILES string of the molecule is O=C(NC1CCCC1)C1CCc2ncc(-c3ccc(F)cc3)n2C1. The Balaban J connectivity index is 1.52. The summed E-state index contributed by atoms with van der Waals surface area (Å²) in [7, 11) is 0. The number of rotatable bonds is 3. The van der Waals surface area contributed by atoms with Crippen LogP contribution in [0, 0.1) is 11.7 Å². The van der Waals surface area contributed by atoms with Gasteiger partial charge in [-0.05, 0) is 49.1 Å². The number of imidazole rings is 1. The highest BCUT2D eigenvalue weighted by molar-refractivity contribution is 5.79. The summed E-state index contributed by atoms with van der Waals surface area (Å²) in [4.78, 5) is 17.1. The molecular formula is C19H22FN3O. The standard InChI is InChI=1S/C19H22FN3O/c20-15-8-5-13(6-9-15)17-11-21-18-10-7-14(12-23(17)18)19(24)22-16-3-1-2-4-16/h5-6,8-9,11,14,16H,1-4,7,10,12H2,(H,22,24). The molecule has 1 fully saturated rings. The Morgan fingerprint density at radius 2 is 1.92 bits per heavy atom. The Hall–Kier alpha value is -2.17. The van der Waals surface area contributed by atoms with Gasteiger partial charge >= 0.3 is 0 Å². The van der Waals surface area contributed by atoms with E-state index in [0.717, 1.165) is 42.8 Å². The van der Waals surface area contributed by atoms with Crippen LogP contribution in [0.15, 0.2) is 30.5 Å². The van der Waals surface area contributed by atoms with Crippen LogP contribution in [0.3, 0.4) is 0 Å². The lowest BCUT2D eigenvalue weighted by atomic mass is 9.97. The second-order valence-corrected chi connectivity index (χ2v) is 6.90. The fraction of sp³-hybridized carbons (Fsp3) is 0.474. The molecule has 1 amide bonds. The van der Waals surface area contributed by atoms with Crippen molar-refractivity contribution < 1.29 is 9.18 Å². The molecule has 1 aromatic heterocycles. The Kier molecular flexibility index (Phi) is 4.08. The van der Waals surface area contributed by atoms with E-state index >= 15 is 0 Å². The highest BCUT2D eigenvalue weighted by Crippen LogP contribution is 2.28. The molecule has 126 valence electrons. The van der Waals surface area contributed by atoms with E-state index in [1.165, 1.54) is 25.0 Å². The van der Waals surface area contributed by atoms with Crippen LogP contribution in [-0.2, 0) is 17.8 Å². The van der Waals surface area contributed by atoms with E-state index in [4.69, 9.17) is 0 Å². The molecule has 1 N–H and O–H groups in total. The largest absolute Gasteiger partial charge is 0.353 e. The number of benzene rings is 1. The van der Waals surface area contributed by atoms with Crippen molar-refractivity contribution in [3.8, 4) is 11.3 Å². The number of hydrogen-bond donors (Lipinski definition) is 1. The van der Waals surface area contributed by atoms with Gasteiger partial charge in [-0.3, -0.25) is 4.79 Å². The van der Waals surface area contributed by atoms with E-state index in [2.05, 4.69) is 14.9 Å². The van der Waals surface area contributed by atoms with Crippen LogP contribution < -0.4 is 5.32 Å². The van der Waals surface area contributed by atoms with Crippen molar-refractivity contribution in [1.82, 2.24) is 14.9 Å². The number of fused-ring (bicyclic) bond motifs is 1. The number of aryl methyl sites for hydroxylation is 1. The maximum absolute atomic E-state index is 13.2. The van der Waals surface area contributed by atoms with E-state index in [9.17, 15) is 9.18 Å². The van der Waals surface area contributed by atoms with Crippen LogP contribution >= 0.6 is 0 Å². The van der Waals surface area contributed by atoms with E-state index in [-0.39, 0.29) is 17.6 Å². The first-order valence-electron chi connectivity index (χ1n) is 8.81. The van der Waals surface area contributed by atoms with Crippen LogP contribution in [0.25, 0.3) is 11.3 Å². The third-order valence-corrected chi connectivity index (χ3v) is 5.27. The Morgan fingerprint density at radius 1 is 1.17 bits per heavy atom. The number of amides is 1. The normalized spacial score (nSPS) is 20.8. The lowest BCUT2D eigenvalue weighted by molar-refractivity contribution is -0.126. The first kappa shape index (κ1) is 15.4.